The number of hydrogen-bond acceptors (Lipinski definition) is 6. The van der Waals surface area contributed by atoms with Crippen molar-refractivity contribution in [1.29, 1.82) is 0 Å². The lowest BCUT2D eigenvalue weighted by Gasteiger charge is -2.17. The molecule has 0 saturated carbocycles. The molecule has 2 aromatic carbocycles. The van der Waals surface area contributed by atoms with E-state index in [1.165, 1.54) is 33.1 Å². The molecule has 0 aliphatic rings. The first-order chi connectivity index (χ1) is 12.7. The fourth-order valence-electron chi connectivity index (χ4n) is 2.95. The van der Waals surface area contributed by atoms with Crippen LogP contribution in [-0.4, -0.2) is 32.2 Å². The molecular formula is C18H20N2O6S. The fourth-order valence-corrected chi connectivity index (χ4v) is 4.45. The Hall–Kier alpha value is -2.78. The van der Waals surface area contributed by atoms with E-state index < -0.39 is 32.6 Å². The van der Waals surface area contributed by atoms with Crippen molar-refractivity contribution in [3.8, 4) is 0 Å². The number of nitrogens with zero attached hydrogens (tertiary/aromatic N) is 1. The Morgan fingerprint density at radius 1 is 1.19 bits per heavy atom. The zero-order valence-corrected chi connectivity index (χ0v) is 15.9. The Kier molecular flexibility index (Phi) is 6.29. The minimum atomic E-state index is -4.07. The summed E-state index contributed by atoms with van der Waals surface area (Å²) in [6.07, 6.45) is -0.829. The molecular weight excluding hydrogens is 372 g/mol. The fraction of sp³-hybridized carbons (Fsp3) is 0.278. The Labute approximate surface area is 157 Å². The van der Waals surface area contributed by atoms with Crippen LogP contribution >= 0.6 is 0 Å². The molecule has 0 fully saturated rings. The predicted molar refractivity (Wildman–Crippen MR) is 99.8 cm³/mol. The summed E-state index contributed by atoms with van der Waals surface area (Å²) in [7, 11) is -2.65. The quantitative estimate of drug-likeness (QED) is 0.572. The van der Waals surface area contributed by atoms with E-state index >= 15 is 0 Å². The second kappa shape index (κ2) is 8.28. The van der Waals surface area contributed by atoms with Gasteiger partial charge in [-0.15, -0.1) is 0 Å². The first-order valence-electron chi connectivity index (χ1n) is 8.00. The van der Waals surface area contributed by atoms with Crippen LogP contribution in [0.15, 0.2) is 47.4 Å². The second-order valence-electron chi connectivity index (χ2n) is 6.03. The van der Waals surface area contributed by atoms with Crippen LogP contribution in [0.25, 0.3) is 0 Å². The molecule has 0 spiro atoms. The highest BCUT2D eigenvalue weighted by Crippen LogP contribution is 2.27. The summed E-state index contributed by atoms with van der Waals surface area (Å²) in [5.74, 6) is -1.59. The molecule has 0 aliphatic heterocycles. The number of carbonyl (C=O) groups is 1. The minimum absolute atomic E-state index is 0.0939. The maximum atomic E-state index is 12.6. The normalized spacial score (nSPS) is 12.4. The van der Waals surface area contributed by atoms with E-state index in [9.17, 15) is 23.3 Å². The van der Waals surface area contributed by atoms with Gasteiger partial charge in [-0.2, -0.15) is 0 Å². The highest BCUT2D eigenvalue weighted by atomic mass is 32.2. The molecule has 2 aromatic rings. The van der Waals surface area contributed by atoms with Gasteiger partial charge < -0.3 is 10.1 Å². The standard InChI is InChI=1S/C18H20N2O6S/c1-12-9-15(10-13(2)17(12)27(24,25)11-20(22)23)19-18(21)16(26-3)14-7-5-4-6-8-14/h4-10,16H,11H2,1-3H3,(H,19,21)/t16-/m0/s1. The Morgan fingerprint density at radius 3 is 2.22 bits per heavy atom. The summed E-state index contributed by atoms with van der Waals surface area (Å²) in [6, 6.07) is 11.9. The van der Waals surface area contributed by atoms with Crippen LogP contribution in [0, 0.1) is 24.0 Å². The summed E-state index contributed by atoms with van der Waals surface area (Å²) in [6.45, 7) is 3.06. The number of amides is 1. The first-order valence-corrected chi connectivity index (χ1v) is 9.65. The second-order valence-corrected chi connectivity index (χ2v) is 7.93. The van der Waals surface area contributed by atoms with Crippen molar-refractivity contribution in [3.63, 3.8) is 0 Å². The highest BCUT2D eigenvalue weighted by molar-refractivity contribution is 7.91. The van der Waals surface area contributed by atoms with E-state index in [0.29, 0.717) is 22.4 Å². The number of sulfone groups is 1. The maximum absolute atomic E-state index is 12.6. The largest absolute Gasteiger partial charge is 0.367 e. The average Bonchev–Trinajstić information content (AvgIpc) is 2.54. The molecule has 1 N–H and O–H groups in total. The number of aryl methyl sites for hydroxylation is 2. The van der Waals surface area contributed by atoms with E-state index in [1.54, 1.807) is 24.3 Å². The van der Waals surface area contributed by atoms with Crippen molar-refractivity contribution in [2.75, 3.05) is 18.3 Å². The molecule has 0 radical (unpaired) electrons. The molecule has 0 heterocycles. The molecule has 0 aromatic heterocycles. The van der Waals surface area contributed by atoms with Crippen molar-refractivity contribution in [1.82, 2.24) is 0 Å². The van der Waals surface area contributed by atoms with Crippen LogP contribution in [0.1, 0.15) is 22.8 Å². The third-order valence-corrected chi connectivity index (χ3v) is 5.71. The number of methoxy groups -OCH3 is 1. The molecule has 0 bridgehead atoms. The molecule has 9 heteroatoms. The van der Waals surface area contributed by atoms with Gasteiger partial charge in [-0.05, 0) is 42.7 Å². The highest BCUT2D eigenvalue weighted by Gasteiger charge is 2.26. The summed E-state index contributed by atoms with van der Waals surface area (Å²) in [5.41, 5.74) is 1.70. The van der Waals surface area contributed by atoms with Crippen molar-refractivity contribution < 1.29 is 22.9 Å². The zero-order chi connectivity index (χ0) is 20.2. The number of hydrogen-bond donors (Lipinski definition) is 1. The van der Waals surface area contributed by atoms with Gasteiger partial charge in [0.15, 0.2) is 6.10 Å². The van der Waals surface area contributed by atoms with E-state index in [2.05, 4.69) is 5.32 Å². The number of benzene rings is 2. The predicted octanol–water partition coefficient (Wildman–Crippen LogP) is 2.64. The topological polar surface area (TPSA) is 116 Å². The molecule has 1 atom stereocenters. The first kappa shape index (κ1) is 20.5. The molecule has 8 nitrogen and oxygen atoms in total. The molecule has 144 valence electrons. The third kappa shape index (κ3) is 4.89. The van der Waals surface area contributed by atoms with Gasteiger partial charge in [-0.3, -0.25) is 14.9 Å². The maximum Gasteiger partial charge on any atom is 0.305 e. The molecule has 0 saturated heterocycles. The van der Waals surface area contributed by atoms with Gasteiger partial charge in [0.1, 0.15) is 0 Å². The summed E-state index contributed by atoms with van der Waals surface area (Å²) in [5, 5.41) is 13.3. The molecule has 27 heavy (non-hydrogen) atoms. The van der Waals surface area contributed by atoms with Crippen molar-refractivity contribution in [2.24, 2.45) is 0 Å². The van der Waals surface area contributed by atoms with Crippen LogP contribution in [0.5, 0.6) is 0 Å². The van der Waals surface area contributed by atoms with Crippen LogP contribution in [0.3, 0.4) is 0 Å². The Bertz CT molecular complexity index is 934. The lowest BCUT2D eigenvalue weighted by Crippen LogP contribution is -2.23. The monoisotopic (exact) mass is 392 g/mol. The number of nitrogens with one attached hydrogen (secondary N) is 1. The summed E-state index contributed by atoms with van der Waals surface area (Å²) in [4.78, 5) is 22.2. The van der Waals surface area contributed by atoms with Crippen LogP contribution in [0.2, 0.25) is 0 Å². The molecule has 0 aliphatic carbocycles. The van der Waals surface area contributed by atoms with Crippen molar-refractivity contribution in [3.05, 3.63) is 69.3 Å². The average molecular weight is 392 g/mol. The van der Waals surface area contributed by atoms with E-state index in [-0.39, 0.29) is 4.90 Å². The van der Waals surface area contributed by atoms with Crippen molar-refractivity contribution >= 4 is 21.4 Å². The van der Waals surface area contributed by atoms with E-state index in [4.69, 9.17) is 4.74 Å². The molecule has 1 amide bonds. The van der Waals surface area contributed by atoms with Gasteiger partial charge in [0.05, 0.1) is 4.90 Å². The number of anilines is 1. The SMILES string of the molecule is CO[C@H](C(=O)Nc1cc(C)c(S(=O)(=O)C[N+](=O)[O-])c(C)c1)c1ccccc1. The Balaban J connectivity index is 2.31. The van der Waals surface area contributed by atoms with Gasteiger partial charge in [0.25, 0.3) is 5.91 Å². The smallest absolute Gasteiger partial charge is 0.305 e. The van der Waals surface area contributed by atoms with Crippen molar-refractivity contribution in [2.45, 2.75) is 24.8 Å². The summed E-state index contributed by atoms with van der Waals surface area (Å²) >= 11 is 0. The minimum Gasteiger partial charge on any atom is -0.367 e. The summed E-state index contributed by atoms with van der Waals surface area (Å²) < 4.78 is 29.7. The number of carbonyl (C=O) groups excluding carboxylic acids is 1. The van der Waals surface area contributed by atoms with Gasteiger partial charge in [-0.1, -0.05) is 30.3 Å². The zero-order valence-electron chi connectivity index (χ0n) is 15.1. The van der Waals surface area contributed by atoms with Gasteiger partial charge in [-0.25, -0.2) is 8.42 Å². The molecule has 2 rings (SSSR count). The number of ether oxygens (including phenoxy) is 1. The van der Waals surface area contributed by atoms with Gasteiger partial charge >= 0.3 is 5.88 Å². The van der Waals surface area contributed by atoms with Crippen LogP contribution in [0.4, 0.5) is 5.69 Å². The molecule has 0 unspecified atom stereocenters. The third-order valence-electron chi connectivity index (χ3n) is 3.89. The number of rotatable bonds is 7. The van der Waals surface area contributed by atoms with Gasteiger partial charge in [0.2, 0.25) is 9.84 Å². The Morgan fingerprint density at radius 2 is 1.74 bits per heavy atom. The van der Waals surface area contributed by atoms with Crippen LogP contribution in [-0.2, 0) is 19.4 Å². The van der Waals surface area contributed by atoms with E-state index in [1.807, 2.05) is 6.07 Å². The van der Waals surface area contributed by atoms with E-state index in [0.717, 1.165) is 0 Å². The van der Waals surface area contributed by atoms with Gasteiger partial charge in [0, 0.05) is 17.7 Å². The lowest BCUT2D eigenvalue weighted by atomic mass is 10.1. The van der Waals surface area contributed by atoms with Crippen LogP contribution < -0.4 is 5.32 Å². The number of nitro groups is 1. The lowest BCUT2D eigenvalue weighted by molar-refractivity contribution is -0.458.